The number of ether oxygens (including phenoxy) is 2. The second kappa shape index (κ2) is 10.3. The van der Waals surface area contributed by atoms with E-state index in [4.69, 9.17) is 20.9 Å². The van der Waals surface area contributed by atoms with E-state index < -0.39 is 0 Å². The van der Waals surface area contributed by atoms with Gasteiger partial charge < -0.3 is 26.0 Å². The molecule has 0 bridgehead atoms. The van der Waals surface area contributed by atoms with Crippen molar-refractivity contribution in [3.05, 3.63) is 53.7 Å². The highest BCUT2D eigenvalue weighted by atomic mass is 16.5. The molecule has 0 aliphatic heterocycles. The number of nitrogen functional groups attached to an aromatic ring is 2. The fourth-order valence-electron chi connectivity index (χ4n) is 4.49. The lowest BCUT2D eigenvalue weighted by molar-refractivity contribution is 0.155. The molecule has 1 fully saturated rings. The molecule has 34 heavy (non-hydrogen) atoms. The number of hydrogen-bond acceptors (Lipinski definition) is 8. The molecule has 2 unspecified atom stereocenters. The maximum Gasteiger partial charge on any atom is 0.221 e. The molecule has 1 aliphatic carbocycles. The number of anilines is 2. The Balaban J connectivity index is 1.84. The van der Waals surface area contributed by atoms with Crippen molar-refractivity contribution < 1.29 is 14.6 Å². The molecule has 8 heteroatoms. The van der Waals surface area contributed by atoms with Crippen molar-refractivity contribution in [2.45, 2.75) is 45.1 Å². The van der Waals surface area contributed by atoms with Crippen LogP contribution in [-0.4, -0.2) is 27.8 Å². The third kappa shape index (κ3) is 4.84. The number of aromatic nitrogens is 2. The molecule has 0 spiro atoms. The van der Waals surface area contributed by atoms with Gasteiger partial charge in [0.05, 0.1) is 12.7 Å². The second-order valence-corrected chi connectivity index (χ2v) is 8.40. The Morgan fingerprint density at radius 3 is 2.71 bits per heavy atom. The van der Waals surface area contributed by atoms with E-state index in [1.54, 1.807) is 6.20 Å². The zero-order valence-corrected chi connectivity index (χ0v) is 19.2. The zero-order valence-electron chi connectivity index (χ0n) is 19.2. The number of hydrogen-bond donors (Lipinski definition) is 3. The molecular formula is C26H29N5O3. The van der Waals surface area contributed by atoms with E-state index >= 15 is 0 Å². The first kappa shape index (κ1) is 23.2. The topological polar surface area (TPSA) is 140 Å². The molecule has 0 amide bonds. The minimum atomic E-state index is -0.149. The average Bonchev–Trinajstić information content (AvgIpc) is 3.27. The van der Waals surface area contributed by atoms with Gasteiger partial charge in [-0.05, 0) is 37.8 Å². The summed E-state index contributed by atoms with van der Waals surface area (Å²) in [6.07, 6.45) is 4.83. The highest BCUT2D eigenvalue weighted by molar-refractivity contribution is 5.78. The number of benzene rings is 2. The Morgan fingerprint density at radius 1 is 1.21 bits per heavy atom. The molecule has 2 aromatic carbocycles. The Kier molecular flexibility index (Phi) is 7.02. The summed E-state index contributed by atoms with van der Waals surface area (Å²) in [4.78, 5) is 8.08. The Labute approximate surface area is 199 Å². The Morgan fingerprint density at radius 2 is 2.00 bits per heavy atom. The first-order valence-electron chi connectivity index (χ1n) is 11.5. The van der Waals surface area contributed by atoms with E-state index in [1.165, 1.54) is 0 Å². The SMILES string of the molecule is CCOc1cc(-c2ccccc2)c(OC2CCCC2CC#N)c(O)c1Cc1cnc(N)nc1N. The molecule has 176 valence electrons. The lowest BCUT2D eigenvalue weighted by Crippen LogP contribution is -2.21. The molecule has 2 atom stereocenters. The normalized spacial score (nSPS) is 17.3. The van der Waals surface area contributed by atoms with Gasteiger partial charge >= 0.3 is 0 Å². The summed E-state index contributed by atoms with van der Waals surface area (Å²) in [5.74, 6) is 1.36. The summed E-state index contributed by atoms with van der Waals surface area (Å²) >= 11 is 0. The predicted molar refractivity (Wildman–Crippen MR) is 130 cm³/mol. The largest absolute Gasteiger partial charge is 0.504 e. The summed E-state index contributed by atoms with van der Waals surface area (Å²) in [5.41, 5.74) is 14.5. The van der Waals surface area contributed by atoms with Gasteiger partial charge in [-0.25, -0.2) is 4.98 Å². The van der Waals surface area contributed by atoms with Crippen LogP contribution >= 0.6 is 0 Å². The zero-order chi connectivity index (χ0) is 24.1. The van der Waals surface area contributed by atoms with Crippen LogP contribution in [0.5, 0.6) is 17.2 Å². The molecule has 8 nitrogen and oxygen atoms in total. The van der Waals surface area contributed by atoms with Gasteiger partial charge in [-0.15, -0.1) is 0 Å². The van der Waals surface area contributed by atoms with Gasteiger partial charge in [0.2, 0.25) is 5.95 Å². The average molecular weight is 460 g/mol. The minimum absolute atomic E-state index is 0.0105. The lowest BCUT2D eigenvalue weighted by Gasteiger charge is -2.25. The fraction of sp³-hybridized carbons (Fsp3) is 0.346. The first-order chi connectivity index (χ1) is 16.5. The number of nitrogens with zero attached hydrogens (tertiary/aromatic N) is 3. The van der Waals surface area contributed by atoms with Crippen molar-refractivity contribution in [2.75, 3.05) is 18.1 Å². The summed E-state index contributed by atoms with van der Waals surface area (Å²) in [5, 5.41) is 20.8. The number of phenolic OH excluding ortho intramolecular Hbond substituents is 1. The maximum absolute atomic E-state index is 11.5. The van der Waals surface area contributed by atoms with Crippen LogP contribution in [0.2, 0.25) is 0 Å². The van der Waals surface area contributed by atoms with Crippen molar-refractivity contribution in [1.82, 2.24) is 9.97 Å². The summed E-state index contributed by atoms with van der Waals surface area (Å²) in [6.45, 7) is 2.31. The van der Waals surface area contributed by atoms with Crippen molar-refractivity contribution >= 4 is 11.8 Å². The maximum atomic E-state index is 11.5. The smallest absolute Gasteiger partial charge is 0.221 e. The van der Waals surface area contributed by atoms with E-state index in [0.29, 0.717) is 35.7 Å². The number of nitriles is 1. The van der Waals surface area contributed by atoms with Crippen molar-refractivity contribution in [2.24, 2.45) is 5.92 Å². The van der Waals surface area contributed by atoms with Gasteiger partial charge in [-0.1, -0.05) is 30.3 Å². The standard InChI is InChI=1S/C26H29N5O3/c1-2-33-22-14-19(16-7-4-3-5-8-16)24(34-21-10-6-9-17(21)11-12-27)23(32)20(22)13-18-15-30-26(29)31-25(18)28/h3-5,7-8,14-15,17,21,32H,2,6,9-11,13H2,1H3,(H4,28,29,30,31). The molecule has 1 aromatic heterocycles. The quantitative estimate of drug-likeness (QED) is 0.448. The first-order valence-corrected chi connectivity index (χ1v) is 11.5. The summed E-state index contributed by atoms with van der Waals surface area (Å²) < 4.78 is 12.4. The molecule has 5 N–H and O–H groups in total. The van der Waals surface area contributed by atoms with Crippen LogP contribution in [0.25, 0.3) is 11.1 Å². The van der Waals surface area contributed by atoms with E-state index in [-0.39, 0.29) is 36.0 Å². The highest BCUT2D eigenvalue weighted by Crippen LogP contribution is 2.48. The van der Waals surface area contributed by atoms with E-state index in [0.717, 1.165) is 30.4 Å². The number of phenols is 1. The third-order valence-corrected chi connectivity index (χ3v) is 6.20. The number of rotatable bonds is 8. The van der Waals surface area contributed by atoms with Crippen LogP contribution in [0.3, 0.4) is 0 Å². The van der Waals surface area contributed by atoms with Crippen LogP contribution in [0.4, 0.5) is 11.8 Å². The minimum Gasteiger partial charge on any atom is -0.504 e. The van der Waals surface area contributed by atoms with Crippen LogP contribution < -0.4 is 20.9 Å². The van der Waals surface area contributed by atoms with Crippen LogP contribution in [0.1, 0.15) is 43.7 Å². The van der Waals surface area contributed by atoms with Gasteiger partial charge in [0.15, 0.2) is 11.5 Å². The molecule has 1 aliphatic rings. The molecule has 1 heterocycles. The molecule has 3 aromatic rings. The van der Waals surface area contributed by atoms with Gasteiger partial charge in [0.1, 0.15) is 17.7 Å². The Hall–Kier alpha value is -3.99. The van der Waals surface area contributed by atoms with Gasteiger partial charge in [-0.2, -0.15) is 10.2 Å². The van der Waals surface area contributed by atoms with Crippen molar-refractivity contribution in [3.63, 3.8) is 0 Å². The van der Waals surface area contributed by atoms with Crippen LogP contribution in [0, 0.1) is 17.2 Å². The van der Waals surface area contributed by atoms with Gasteiger partial charge in [-0.3, -0.25) is 0 Å². The number of nitrogens with two attached hydrogens (primary N) is 2. The van der Waals surface area contributed by atoms with E-state index in [1.807, 2.05) is 43.3 Å². The van der Waals surface area contributed by atoms with Crippen LogP contribution in [0.15, 0.2) is 42.6 Å². The molecule has 0 saturated heterocycles. The lowest BCUT2D eigenvalue weighted by atomic mass is 9.96. The molecule has 1 saturated carbocycles. The van der Waals surface area contributed by atoms with Crippen LogP contribution in [-0.2, 0) is 6.42 Å². The molecule has 4 rings (SSSR count). The van der Waals surface area contributed by atoms with Gasteiger partial charge in [0, 0.05) is 41.6 Å². The van der Waals surface area contributed by atoms with Crippen molar-refractivity contribution in [1.29, 1.82) is 5.26 Å². The van der Waals surface area contributed by atoms with Gasteiger partial charge in [0.25, 0.3) is 0 Å². The molecule has 0 radical (unpaired) electrons. The monoisotopic (exact) mass is 459 g/mol. The number of aromatic hydroxyl groups is 1. The predicted octanol–water partition coefficient (Wildman–Crippen LogP) is 4.46. The summed E-state index contributed by atoms with van der Waals surface area (Å²) in [6, 6.07) is 13.9. The second-order valence-electron chi connectivity index (χ2n) is 8.40. The molecular weight excluding hydrogens is 430 g/mol. The van der Waals surface area contributed by atoms with E-state index in [9.17, 15) is 10.4 Å². The third-order valence-electron chi connectivity index (χ3n) is 6.20. The Bertz CT molecular complexity index is 1190. The summed E-state index contributed by atoms with van der Waals surface area (Å²) in [7, 11) is 0. The highest BCUT2D eigenvalue weighted by Gasteiger charge is 2.32. The van der Waals surface area contributed by atoms with E-state index in [2.05, 4.69) is 16.0 Å². The fourth-order valence-corrected chi connectivity index (χ4v) is 4.49. The van der Waals surface area contributed by atoms with Crippen molar-refractivity contribution in [3.8, 4) is 34.4 Å².